The fourth-order valence-corrected chi connectivity index (χ4v) is 1.03. The van der Waals surface area contributed by atoms with Gasteiger partial charge < -0.3 is 15.9 Å². The minimum absolute atomic E-state index is 0. The number of rotatable bonds is 5. The number of nitrogens with two attached hydrogens (primary N) is 1. The van der Waals surface area contributed by atoms with E-state index in [9.17, 15) is 9.59 Å². The quantitative estimate of drug-likeness (QED) is 0.478. The van der Waals surface area contributed by atoms with E-state index in [0.717, 1.165) is 11.8 Å². The molecule has 0 aromatic carbocycles. The van der Waals surface area contributed by atoms with E-state index in [1.165, 1.54) is 0 Å². The molecule has 1 atom stereocenters. The van der Waals surface area contributed by atoms with Crippen molar-refractivity contribution in [1.82, 2.24) is 0 Å². The van der Waals surface area contributed by atoms with Gasteiger partial charge in [0.15, 0.2) is 0 Å². The van der Waals surface area contributed by atoms with Gasteiger partial charge in [-0.05, 0) is 0 Å². The second-order valence-corrected chi connectivity index (χ2v) is 2.88. The molecule has 0 saturated heterocycles. The molecule has 0 rings (SSSR count). The molecule has 0 aliphatic carbocycles. The first-order valence-electron chi connectivity index (χ1n) is 2.82. The summed E-state index contributed by atoms with van der Waals surface area (Å²) in [6, 6.07) is -0.973. The molecule has 0 heterocycles. The third-order valence-electron chi connectivity index (χ3n) is 0.840. The summed E-state index contributed by atoms with van der Waals surface area (Å²) in [4.78, 5) is 20.0. The Bertz CT molecular complexity index is 166. The number of carboxylic acid groups (broad SMARTS) is 2. The summed E-state index contributed by atoms with van der Waals surface area (Å²) in [5.41, 5.74) is 5.09. The molecule has 0 aliphatic heterocycles. The van der Waals surface area contributed by atoms with Gasteiger partial charge in [0.25, 0.3) is 0 Å². The monoisotopic (exact) mass is 221 g/mol. The van der Waals surface area contributed by atoms with Crippen LogP contribution in [0.1, 0.15) is 0 Å². The minimum atomic E-state index is -1.11. The van der Waals surface area contributed by atoms with Crippen molar-refractivity contribution in [1.29, 1.82) is 0 Å². The Labute approximate surface area is 104 Å². The zero-order valence-electron chi connectivity index (χ0n) is 5.69. The Morgan fingerprint density at radius 1 is 1.42 bits per heavy atom. The Hall–Kier alpha value is 0.510. The van der Waals surface area contributed by atoms with Crippen LogP contribution < -0.4 is 5.73 Å². The van der Waals surface area contributed by atoms with E-state index >= 15 is 0 Å². The molecule has 0 bridgehead atoms. The Morgan fingerprint density at radius 2 is 1.92 bits per heavy atom. The average Bonchev–Trinajstić information content (AvgIpc) is 1.86. The molecule has 0 unspecified atom stereocenters. The van der Waals surface area contributed by atoms with Crippen LogP contribution in [0.5, 0.6) is 0 Å². The second kappa shape index (κ2) is 8.12. The van der Waals surface area contributed by atoms with Crippen molar-refractivity contribution in [2.45, 2.75) is 6.04 Å². The van der Waals surface area contributed by atoms with Crippen LogP contribution in [0.2, 0.25) is 0 Å². The number of carbonyl (C=O) groups is 2. The number of aliphatic carboxylic acids is 2. The molecule has 68 valence electrons. The summed E-state index contributed by atoms with van der Waals surface area (Å²) in [6.45, 7) is 0. The van der Waals surface area contributed by atoms with E-state index in [1.807, 2.05) is 0 Å². The summed E-state index contributed by atoms with van der Waals surface area (Å²) >= 11 is 0.992. The molecule has 0 spiro atoms. The zero-order valence-corrected chi connectivity index (χ0v) is 6.50. The van der Waals surface area contributed by atoms with E-state index in [1.54, 1.807) is 0 Å². The predicted molar refractivity (Wildman–Crippen MR) is 49.1 cm³/mol. The maximum atomic E-state index is 10.1. The van der Waals surface area contributed by atoms with Crippen molar-refractivity contribution in [3.63, 3.8) is 0 Å². The molecular formula is C5H11CaNO4S. The SMILES string of the molecule is N[C@H](CSCC(=O)O)C(=O)O.[CaH2]. The van der Waals surface area contributed by atoms with Crippen molar-refractivity contribution in [2.24, 2.45) is 5.73 Å². The summed E-state index contributed by atoms with van der Waals surface area (Å²) in [5, 5.41) is 16.4. The van der Waals surface area contributed by atoms with E-state index in [2.05, 4.69) is 0 Å². The second-order valence-electron chi connectivity index (χ2n) is 1.85. The zero-order chi connectivity index (χ0) is 8.85. The van der Waals surface area contributed by atoms with Crippen molar-refractivity contribution in [2.75, 3.05) is 11.5 Å². The molecule has 4 N–H and O–H groups in total. The van der Waals surface area contributed by atoms with E-state index in [-0.39, 0.29) is 49.2 Å². The van der Waals surface area contributed by atoms with E-state index in [4.69, 9.17) is 15.9 Å². The molecule has 0 aromatic heterocycles. The van der Waals surface area contributed by atoms with Gasteiger partial charge in [0.2, 0.25) is 0 Å². The fraction of sp³-hybridized carbons (Fsp3) is 0.600. The molecule has 0 aromatic rings. The first-order chi connectivity index (χ1) is 5.04. The van der Waals surface area contributed by atoms with Crippen LogP contribution in [0.3, 0.4) is 0 Å². The predicted octanol–water partition coefficient (Wildman–Crippen LogP) is -1.70. The number of hydrogen-bond acceptors (Lipinski definition) is 4. The molecule has 0 radical (unpaired) electrons. The van der Waals surface area contributed by atoms with Crippen molar-refractivity contribution < 1.29 is 19.8 Å². The first kappa shape index (κ1) is 15.0. The van der Waals surface area contributed by atoms with Gasteiger partial charge in [-0.25, -0.2) is 0 Å². The van der Waals surface area contributed by atoms with Crippen molar-refractivity contribution >= 4 is 61.4 Å². The topological polar surface area (TPSA) is 101 Å². The van der Waals surface area contributed by atoms with Gasteiger partial charge in [0, 0.05) is 5.75 Å². The Morgan fingerprint density at radius 3 is 2.25 bits per heavy atom. The van der Waals surface area contributed by atoms with Gasteiger partial charge in [-0.1, -0.05) is 0 Å². The van der Waals surface area contributed by atoms with Crippen LogP contribution in [0.4, 0.5) is 0 Å². The van der Waals surface area contributed by atoms with Crippen LogP contribution in [-0.4, -0.2) is 77.4 Å². The molecule has 5 nitrogen and oxygen atoms in total. The first-order valence-corrected chi connectivity index (χ1v) is 3.97. The average molecular weight is 221 g/mol. The van der Waals surface area contributed by atoms with Gasteiger partial charge in [-0.15, -0.1) is 11.8 Å². The van der Waals surface area contributed by atoms with Gasteiger partial charge >= 0.3 is 49.7 Å². The third-order valence-corrected chi connectivity index (χ3v) is 1.89. The van der Waals surface area contributed by atoms with Crippen LogP contribution in [0, 0.1) is 0 Å². The summed E-state index contributed by atoms with van der Waals surface area (Å²) in [7, 11) is 0. The van der Waals surface area contributed by atoms with E-state index < -0.39 is 18.0 Å². The normalized spacial score (nSPS) is 11.4. The molecule has 12 heavy (non-hydrogen) atoms. The molecular weight excluding hydrogens is 210 g/mol. The van der Waals surface area contributed by atoms with Gasteiger partial charge in [0.05, 0.1) is 5.75 Å². The molecule has 0 aliphatic rings. The Kier molecular flexibility index (Phi) is 10.2. The summed E-state index contributed by atoms with van der Waals surface area (Å²) < 4.78 is 0. The molecule has 0 fully saturated rings. The van der Waals surface area contributed by atoms with Crippen LogP contribution in [-0.2, 0) is 9.59 Å². The molecule has 0 saturated carbocycles. The summed E-state index contributed by atoms with van der Waals surface area (Å²) in [5.74, 6) is -2.06. The molecule has 7 heteroatoms. The standard InChI is InChI=1S/C5H9NO4S.Ca.2H/c6-3(5(9)10)1-11-2-4(7)8;;;/h3H,1-2,6H2,(H,7,8)(H,9,10);;;/t3-;;;/m1.../s1. The van der Waals surface area contributed by atoms with Crippen LogP contribution in [0.15, 0.2) is 0 Å². The van der Waals surface area contributed by atoms with Gasteiger partial charge in [0.1, 0.15) is 6.04 Å². The van der Waals surface area contributed by atoms with Gasteiger partial charge in [-0.2, -0.15) is 0 Å². The maximum absolute atomic E-state index is 10.1. The number of thioether (sulfide) groups is 1. The van der Waals surface area contributed by atoms with Crippen LogP contribution >= 0.6 is 11.8 Å². The van der Waals surface area contributed by atoms with Crippen LogP contribution in [0.25, 0.3) is 0 Å². The third kappa shape index (κ3) is 8.60. The van der Waals surface area contributed by atoms with Crippen molar-refractivity contribution in [3.05, 3.63) is 0 Å². The summed E-state index contributed by atoms with van der Waals surface area (Å²) in [6.07, 6.45) is 0. The fourth-order valence-electron chi connectivity index (χ4n) is 0.344. The van der Waals surface area contributed by atoms with Crippen molar-refractivity contribution in [3.8, 4) is 0 Å². The number of hydrogen-bond donors (Lipinski definition) is 3. The Balaban J connectivity index is 0. The number of carboxylic acids is 2. The van der Waals surface area contributed by atoms with Gasteiger partial charge in [-0.3, -0.25) is 9.59 Å². The molecule has 0 amide bonds. The van der Waals surface area contributed by atoms with E-state index in [0.29, 0.717) is 0 Å².